The van der Waals surface area contributed by atoms with E-state index in [0.29, 0.717) is 19.0 Å². The van der Waals surface area contributed by atoms with Crippen LogP contribution in [0.1, 0.15) is 22.2 Å². The molecule has 19 heavy (non-hydrogen) atoms. The molecule has 2 aromatic rings. The summed E-state index contributed by atoms with van der Waals surface area (Å²) in [6, 6.07) is 1.96. The number of nitrogens with zero attached hydrogens (tertiary/aromatic N) is 6. The van der Waals surface area contributed by atoms with Gasteiger partial charge in [0.1, 0.15) is 0 Å². The molecule has 8 nitrogen and oxygen atoms in total. The summed E-state index contributed by atoms with van der Waals surface area (Å²) >= 11 is 0. The third-order valence-corrected chi connectivity index (χ3v) is 3.03. The highest BCUT2D eigenvalue weighted by Crippen LogP contribution is 2.24. The summed E-state index contributed by atoms with van der Waals surface area (Å²) in [6.07, 6.45) is 3.17. The van der Waals surface area contributed by atoms with Gasteiger partial charge in [0, 0.05) is 25.0 Å². The van der Waals surface area contributed by atoms with Crippen LogP contribution in [0, 0.1) is 6.92 Å². The normalized spacial score (nSPS) is 15.3. The minimum atomic E-state index is -1.07. The smallest absolute Gasteiger partial charge is 0.358 e. The van der Waals surface area contributed by atoms with Gasteiger partial charge in [-0.25, -0.2) is 19.4 Å². The second-order valence-electron chi connectivity index (χ2n) is 4.45. The van der Waals surface area contributed by atoms with Crippen molar-refractivity contribution in [3.05, 3.63) is 29.8 Å². The Labute approximate surface area is 108 Å². The first-order chi connectivity index (χ1) is 9.13. The fraction of sp³-hybridized carbons (Fsp3) is 0.364. The molecule has 0 aromatic carbocycles. The van der Waals surface area contributed by atoms with Gasteiger partial charge in [0.25, 0.3) is 0 Å². The Morgan fingerprint density at radius 3 is 2.89 bits per heavy atom. The minimum absolute atomic E-state index is 0.0368. The Bertz CT molecular complexity index is 619. The minimum Gasteiger partial charge on any atom is -0.476 e. The Morgan fingerprint density at radius 1 is 1.47 bits per heavy atom. The molecule has 0 spiro atoms. The molecule has 0 aliphatic carbocycles. The highest BCUT2D eigenvalue weighted by molar-refractivity contribution is 5.84. The van der Waals surface area contributed by atoms with Gasteiger partial charge in [-0.3, -0.25) is 0 Å². The number of hydrogen-bond donors (Lipinski definition) is 1. The fourth-order valence-corrected chi connectivity index (χ4v) is 1.93. The van der Waals surface area contributed by atoms with Crippen LogP contribution in [0.25, 0.3) is 0 Å². The van der Waals surface area contributed by atoms with Gasteiger partial charge in [-0.2, -0.15) is 0 Å². The molecule has 3 rings (SSSR count). The van der Waals surface area contributed by atoms with E-state index in [9.17, 15) is 4.79 Å². The van der Waals surface area contributed by atoms with Crippen molar-refractivity contribution in [3.63, 3.8) is 0 Å². The molecule has 0 bridgehead atoms. The maximum atomic E-state index is 10.7. The zero-order valence-corrected chi connectivity index (χ0v) is 10.3. The van der Waals surface area contributed by atoms with Gasteiger partial charge < -0.3 is 10.0 Å². The van der Waals surface area contributed by atoms with Crippen LogP contribution < -0.4 is 4.90 Å². The first kappa shape index (κ1) is 11.6. The van der Waals surface area contributed by atoms with Crippen molar-refractivity contribution < 1.29 is 9.90 Å². The summed E-state index contributed by atoms with van der Waals surface area (Å²) in [5.41, 5.74) is 0.882. The maximum absolute atomic E-state index is 10.7. The van der Waals surface area contributed by atoms with E-state index in [-0.39, 0.29) is 11.7 Å². The van der Waals surface area contributed by atoms with Crippen molar-refractivity contribution in [2.75, 3.05) is 18.0 Å². The monoisotopic (exact) mass is 260 g/mol. The molecule has 0 saturated carbocycles. The van der Waals surface area contributed by atoms with E-state index in [4.69, 9.17) is 5.11 Å². The number of aryl methyl sites for hydroxylation is 1. The summed E-state index contributed by atoms with van der Waals surface area (Å²) in [4.78, 5) is 21.3. The molecule has 1 fully saturated rings. The zero-order chi connectivity index (χ0) is 13.4. The molecule has 0 atom stereocenters. The van der Waals surface area contributed by atoms with Gasteiger partial charge in [0.2, 0.25) is 5.95 Å². The average Bonchev–Trinajstić information content (AvgIpc) is 2.76. The lowest BCUT2D eigenvalue weighted by atomic mass is 10.1. The summed E-state index contributed by atoms with van der Waals surface area (Å²) in [7, 11) is 0. The predicted molar refractivity (Wildman–Crippen MR) is 65.0 cm³/mol. The van der Waals surface area contributed by atoms with Crippen LogP contribution in [0.5, 0.6) is 0 Å². The molecule has 98 valence electrons. The topological polar surface area (TPSA) is 97.0 Å². The fourth-order valence-electron chi connectivity index (χ4n) is 1.93. The number of hydrogen-bond acceptors (Lipinski definition) is 6. The predicted octanol–water partition coefficient (Wildman–Crippen LogP) is 0.136. The third kappa shape index (κ3) is 2.12. The number of aromatic carboxylic acids is 1. The van der Waals surface area contributed by atoms with Crippen LogP contribution >= 0.6 is 0 Å². The number of carboxylic acids is 1. The summed E-state index contributed by atoms with van der Waals surface area (Å²) in [6.45, 7) is 3.32. The summed E-state index contributed by atoms with van der Waals surface area (Å²) in [5.74, 6) is -0.376. The van der Waals surface area contributed by atoms with Crippen molar-refractivity contribution in [2.24, 2.45) is 0 Å². The van der Waals surface area contributed by atoms with Crippen molar-refractivity contribution in [1.29, 1.82) is 0 Å². The molecule has 0 radical (unpaired) electrons. The molecule has 1 aliphatic heterocycles. The number of carboxylic acid groups (broad SMARTS) is 1. The van der Waals surface area contributed by atoms with Crippen LogP contribution in [0.3, 0.4) is 0 Å². The number of rotatable bonds is 3. The Kier molecular flexibility index (Phi) is 2.62. The maximum Gasteiger partial charge on any atom is 0.358 e. The highest BCUT2D eigenvalue weighted by Gasteiger charge is 2.31. The number of anilines is 1. The lowest BCUT2D eigenvalue weighted by Crippen LogP contribution is -2.48. The molecular formula is C11H12N6O2. The SMILES string of the molecule is Cc1ccnc(N2CC(n3cc(C(=O)O)nn3)C2)n1. The van der Waals surface area contributed by atoms with Crippen LogP contribution in [-0.2, 0) is 0 Å². The second-order valence-corrected chi connectivity index (χ2v) is 4.45. The van der Waals surface area contributed by atoms with Crippen LogP contribution in [-0.4, -0.2) is 49.1 Å². The quantitative estimate of drug-likeness (QED) is 0.838. The Hall–Kier alpha value is -2.51. The van der Waals surface area contributed by atoms with E-state index in [2.05, 4.69) is 20.3 Å². The standard InChI is InChI=1S/C11H12N6O2/c1-7-2-3-12-11(13-7)16-4-8(5-16)17-6-9(10(18)19)14-15-17/h2-3,6,8H,4-5H2,1H3,(H,18,19). The molecule has 8 heteroatoms. The first-order valence-electron chi connectivity index (χ1n) is 5.83. The van der Waals surface area contributed by atoms with Crippen LogP contribution in [0.4, 0.5) is 5.95 Å². The molecule has 1 saturated heterocycles. The van der Waals surface area contributed by atoms with Crippen molar-refractivity contribution in [1.82, 2.24) is 25.0 Å². The van der Waals surface area contributed by atoms with Crippen molar-refractivity contribution >= 4 is 11.9 Å². The van der Waals surface area contributed by atoms with E-state index in [0.717, 1.165) is 5.69 Å². The van der Waals surface area contributed by atoms with Gasteiger partial charge >= 0.3 is 5.97 Å². The van der Waals surface area contributed by atoms with E-state index in [1.165, 1.54) is 6.20 Å². The molecule has 1 aliphatic rings. The van der Waals surface area contributed by atoms with E-state index < -0.39 is 5.97 Å². The molecule has 3 heterocycles. The number of aromatic nitrogens is 5. The van der Waals surface area contributed by atoms with Gasteiger partial charge in [-0.15, -0.1) is 5.10 Å². The van der Waals surface area contributed by atoms with Gasteiger partial charge in [-0.1, -0.05) is 5.21 Å². The summed E-state index contributed by atoms with van der Waals surface area (Å²) in [5, 5.41) is 16.2. The Morgan fingerprint density at radius 2 is 2.26 bits per heavy atom. The molecule has 2 aromatic heterocycles. The van der Waals surface area contributed by atoms with Crippen LogP contribution in [0.15, 0.2) is 18.5 Å². The largest absolute Gasteiger partial charge is 0.476 e. The highest BCUT2D eigenvalue weighted by atomic mass is 16.4. The van der Waals surface area contributed by atoms with Gasteiger partial charge in [0.05, 0.1) is 12.2 Å². The third-order valence-electron chi connectivity index (χ3n) is 3.03. The van der Waals surface area contributed by atoms with Gasteiger partial charge in [0.15, 0.2) is 5.69 Å². The number of carbonyl (C=O) groups is 1. The lowest BCUT2D eigenvalue weighted by molar-refractivity contribution is 0.0690. The van der Waals surface area contributed by atoms with Crippen LogP contribution in [0.2, 0.25) is 0 Å². The molecule has 0 unspecified atom stereocenters. The second kappa shape index (κ2) is 4.30. The molecule has 1 N–H and O–H groups in total. The van der Waals surface area contributed by atoms with E-state index >= 15 is 0 Å². The lowest BCUT2D eigenvalue weighted by Gasteiger charge is -2.38. The van der Waals surface area contributed by atoms with Crippen molar-refractivity contribution in [2.45, 2.75) is 13.0 Å². The molecular weight excluding hydrogens is 248 g/mol. The first-order valence-corrected chi connectivity index (χ1v) is 5.83. The van der Waals surface area contributed by atoms with Crippen molar-refractivity contribution in [3.8, 4) is 0 Å². The average molecular weight is 260 g/mol. The van der Waals surface area contributed by atoms with E-state index in [1.54, 1.807) is 10.9 Å². The zero-order valence-electron chi connectivity index (χ0n) is 10.3. The Balaban J connectivity index is 1.67. The summed E-state index contributed by atoms with van der Waals surface area (Å²) < 4.78 is 1.58. The van der Waals surface area contributed by atoms with E-state index in [1.807, 2.05) is 17.9 Å². The van der Waals surface area contributed by atoms with Gasteiger partial charge in [-0.05, 0) is 13.0 Å². The molecule has 0 amide bonds.